The SMILES string of the molecule is Brc1ccc[n+](CCCCCc2ccccc2CCCCC[n+]2cccc(Br)c2)c1.[Br-].[Br-]. The average molecular weight is 692 g/mol. The fourth-order valence-electron chi connectivity index (χ4n) is 3.88. The van der Waals surface area contributed by atoms with E-state index < -0.39 is 0 Å². The quantitative estimate of drug-likeness (QED) is 0.195. The van der Waals surface area contributed by atoms with Crippen molar-refractivity contribution < 1.29 is 43.1 Å². The predicted molar refractivity (Wildman–Crippen MR) is 130 cm³/mol. The second-order valence-electron chi connectivity index (χ2n) is 7.91. The lowest BCUT2D eigenvalue weighted by atomic mass is 9.97. The third-order valence-corrected chi connectivity index (χ3v) is 6.43. The van der Waals surface area contributed by atoms with Crippen LogP contribution >= 0.6 is 31.9 Å². The molecule has 174 valence electrons. The van der Waals surface area contributed by atoms with Crippen LogP contribution in [0.4, 0.5) is 0 Å². The van der Waals surface area contributed by atoms with Crippen molar-refractivity contribution in [2.45, 2.75) is 64.5 Å². The maximum atomic E-state index is 3.54. The zero-order valence-electron chi connectivity index (χ0n) is 18.4. The molecular weight excluding hydrogens is 660 g/mol. The number of hydrogen-bond acceptors (Lipinski definition) is 0. The van der Waals surface area contributed by atoms with E-state index in [1.165, 1.54) is 51.4 Å². The number of halogens is 4. The normalized spacial score (nSPS) is 10.3. The molecule has 0 aliphatic carbocycles. The van der Waals surface area contributed by atoms with E-state index in [0.717, 1.165) is 22.0 Å². The molecule has 0 fully saturated rings. The first-order valence-corrected chi connectivity index (χ1v) is 12.7. The van der Waals surface area contributed by atoms with Crippen LogP contribution in [0.15, 0.2) is 82.3 Å². The van der Waals surface area contributed by atoms with Gasteiger partial charge < -0.3 is 34.0 Å². The molecule has 0 amide bonds. The highest BCUT2D eigenvalue weighted by Crippen LogP contribution is 2.16. The second-order valence-corrected chi connectivity index (χ2v) is 9.74. The highest BCUT2D eigenvalue weighted by Gasteiger charge is 2.05. The summed E-state index contributed by atoms with van der Waals surface area (Å²) in [6.07, 6.45) is 18.6. The van der Waals surface area contributed by atoms with Crippen LogP contribution in [0.5, 0.6) is 0 Å². The summed E-state index contributed by atoms with van der Waals surface area (Å²) in [7, 11) is 0. The van der Waals surface area contributed by atoms with E-state index in [2.05, 4.69) is 114 Å². The van der Waals surface area contributed by atoms with Crippen LogP contribution in [0.3, 0.4) is 0 Å². The van der Waals surface area contributed by atoms with E-state index in [4.69, 9.17) is 0 Å². The van der Waals surface area contributed by atoms with Crippen LogP contribution in [0, 0.1) is 0 Å². The van der Waals surface area contributed by atoms with Gasteiger partial charge >= 0.3 is 0 Å². The van der Waals surface area contributed by atoms with Gasteiger partial charge in [-0.2, -0.15) is 0 Å². The Morgan fingerprint density at radius 2 is 0.969 bits per heavy atom. The molecule has 0 bridgehead atoms. The molecule has 0 N–H and O–H groups in total. The molecule has 0 saturated carbocycles. The average Bonchev–Trinajstić information content (AvgIpc) is 2.74. The Bertz CT molecular complexity index is 843. The van der Waals surface area contributed by atoms with E-state index in [1.807, 2.05) is 0 Å². The van der Waals surface area contributed by atoms with Crippen molar-refractivity contribution in [3.05, 3.63) is 93.4 Å². The summed E-state index contributed by atoms with van der Waals surface area (Å²) in [5.41, 5.74) is 3.10. The first-order valence-electron chi connectivity index (χ1n) is 11.1. The number of unbranched alkanes of at least 4 members (excludes halogenated alkanes) is 4. The summed E-state index contributed by atoms with van der Waals surface area (Å²) in [6, 6.07) is 17.4. The fraction of sp³-hybridized carbons (Fsp3) is 0.385. The smallest absolute Gasteiger partial charge is 0.183 e. The molecule has 0 spiro atoms. The third kappa shape index (κ3) is 11.0. The molecule has 2 aromatic heterocycles. The molecule has 0 radical (unpaired) electrons. The lowest BCUT2D eigenvalue weighted by molar-refractivity contribution is -0.698. The largest absolute Gasteiger partial charge is 1.00 e. The standard InChI is InChI=1S/C26H32Br2N2.2BrH/c27-25-15-9-19-29(21-25)17-7-1-3-11-23-13-5-6-14-24(23)12-4-2-8-18-30-20-10-16-26(28)22-30;;/h5-6,9-10,13-16,19-22H,1-4,7-8,11-12,17-18H2;2*1H/q+2;;/p-2. The van der Waals surface area contributed by atoms with Gasteiger partial charge in [0, 0.05) is 25.0 Å². The van der Waals surface area contributed by atoms with Gasteiger partial charge in [-0.1, -0.05) is 24.3 Å². The summed E-state index contributed by atoms with van der Waals surface area (Å²) in [5.74, 6) is 0. The van der Waals surface area contributed by atoms with E-state index in [1.54, 1.807) is 11.1 Å². The van der Waals surface area contributed by atoms with Gasteiger partial charge in [0.25, 0.3) is 0 Å². The van der Waals surface area contributed by atoms with Crippen LogP contribution in [0.2, 0.25) is 0 Å². The summed E-state index contributed by atoms with van der Waals surface area (Å²) >= 11 is 7.09. The first-order chi connectivity index (χ1) is 14.7. The van der Waals surface area contributed by atoms with Crippen molar-refractivity contribution in [1.29, 1.82) is 0 Å². The van der Waals surface area contributed by atoms with Gasteiger partial charge in [0.15, 0.2) is 24.8 Å². The van der Waals surface area contributed by atoms with Crippen LogP contribution in [-0.4, -0.2) is 0 Å². The van der Waals surface area contributed by atoms with Crippen molar-refractivity contribution in [3.63, 3.8) is 0 Å². The van der Waals surface area contributed by atoms with E-state index in [0.29, 0.717) is 0 Å². The highest BCUT2D eigenvalue weighted by molar-refractivity contribution is 9.10. The molecule has 0 aliphatic heterocycles. The number of pyridine rings is 2. The van der Waals surface area contributed by atoms with Crippen molar-refractivity contribution >= 4 is 31.9 Å². The second kappa shape index (κ2) is 17.0. The summed E-state index contributed by atoms with van der Waals surface area (Å²) in [4.78, 5) is 0. The summed E-state index contributed by atoms with van der Waals surface area (Å²) in [5, 5.41) is 0. The Morgan fingerprint density at radius 1 is 0.531 bits per heavy atom. The van der Waals surface area contributed by atoms with Crippen molar-refractivity contribution in [1.82, 2.24) is 0 Å². The number of hydrogen-bond donors (Lipinski definition) is 0. The number of rotatable bonds is 12. The molecule has 0 saturated heterocycles. The van der Waals surface area contributed by atoms with E-state index >= 15 is 0 Å². The molecule has 6 heteroatoms. The first kappa shape index (κ1) is 29.5. The monoisotopic (exact) mass is 688 g/mol. The maximum absolute atomic E-state index is 3.54. The van der Waals surface area contributed by atoms with Crippen LogP contribution in [0.1, 0.15) is 49.7 Å². The van der Waals surface area contributed by atoms with Crippen LogP contribution in [-0.2, 0) is 25.9 Å². The van der Waals surface area contributed by atoms with Crippen LogP contribution < -0.4 is 43.1 Å². The van der Waals surface area contributed by atoms with Gasteiger partial charge in [-0.3, -0.25) is 0 Å². The van der Waals surface area contributed by atoms with Gasteiger partial charge in [0.05, 0.1) is 8.95 Å². The Morgan fingerprint density at radius 3 is 1.38 bits per heavy atom. The fourth-order valence-corrected chi connectivity index (χ4v) is 4.71. The zero-order chi connectivity index (χ0) is 21.0. The molecular formula is C26H32Br4N2. The van der Waals surface area contributed by atoms with E-state index in [9.17, 15) is 0 Å². The summed E-state index contributed by atoms with van der Waals surface area (Å²) in [6.45, 7) is 2.19. The highest BCUT2D eigenvalue weighted by atomic mass is 79.9. The molecule has 0 aliphatic rings. The van der Waals surface area contributed by atoms with E-state index in [-0.39, 0.29) is 34.0 Å². The Kier molecular flexibility index (Phi) is 15.6. The minimum atomic E-state index is 0. The topological polar surface area (TPSA) is 7.76 Å². The Labute approximate surface area is 231 Å². The molecule has 32 heavy (non-hydrogen) atoms. The van der Waals surface area contributed by atoms with Crippen LogP contribution in [0.25, 0.3) is 0 Å². The van der Waals surface area contributed by atoms with Gasteiger partial charge in [0.2, 0.25) is 0 Å². The molecule has 3 rings (SSSR count). The molecule has 3 aromatic rings. The molecule has 2 heterocycles. The molecule has 0 atom stereocenters. The summed E-state index contributed by atoms with van der Waals surface area (Å²) < 4.78 is 6.83. The number of aryl methyl sites for hydroxylation is 4. The van der Waals surface area contributed by atoms with Gasteiger partial charge in [0.1, 0.15) is 13.1 Å². The molecule has 2 nitrogen and oxygen atoms in total. The van der Waals surface area contributed by atoms with Crippen molar-refractivity contribution in [2.75, 3.05) is 0 Å². The number of benzene rings is 1. The minimum absolute atomic E-state index is 0. The Balaban J connectivity index is 0.00000256. The lowest BCUT2D eigenvalue weighted by Crippen LogP contribution is -3.00. The maximum Gasteiger partial charge on any atom is 0.183 e. The minimum Gasteiger partial charge on any atom is -1.00 e. The molecule has 0 unspecified atom stereocenters. The lowest BCUT2D eigenvalue weighted by Gasteiger charge is -2.09. The van der Waals surface area contributed by atoms with Crippen molar-refractivity contribution in [3.8, 4) is 0 Å². The number of nitrogens with zero attached hydrogens (tertiary/aromatic N) is 2. The third-order valence-electron chi connectivity index (χ3n) is 5.49. The number of aromatic nitrogens is 2. The van der Waals surface area contributed by atoms with Gasteiger partial charge in [-0.25, -0.2) is 9.13 Å². The van der Waals surface area contributed by atoms with Gasteiger partial charge in [-0.15, -0.1) is 0 Å². The van der Waals surface area contributed by atoms with Gasteiger partial charge in [-0.05, 0) is 93.6 Å². The zero-order valence-corrected chi connectivity index (χ0v) is 24.7. The Hall–Kier alpha value is -0.560. The van der Waals surface area contributed by atoms with Crippen molar-refractivity contribution in [2.24, 2.45) is 0 Å². The molecule has 1 aromatic carbocycles. The predicted octanol–water partition coefficient (Wildman–Crippen LogP) is 0.621.